The van der Waals surface area contributed by atoms with Gasteiger partial charge in [-0.05, 0) is 58.7 Å². The van der Waals surface area contributed by atoms with Gasteiger partial charge in [0.1, 0.15) is 0 Å². The lowest BCUT2D eigenvalue weighted by atomic mass is 9.66. The van der Waals surface area contributed by atoms with E-state index in [1.807, 2.05) is 59.7 Å². The van der Waals surface area contributed by atoms with Crippen molar-refractivity contribution in [3.05, 3.63) is 33.8 Å². The number of aryl methyl sites for hydroxylation is 1. The van der Waals surface area contributed by atoms with Gasteiger partial charge in [0.05, 0.1) is 24.2 Å². The predicted octanol–water partition coefficient (Wildman–Crippen LogP) is 4.43. The van der Waals surface area contributed by atoms with Crippen molar-refractivity contribution in [2.24, 2.45) is 0 Å². The van der Waals surface area contributed by atoms with Crippen molar-refractivity contribution in [2.75, 3.05) is 6.61 Å². The lowest BCUT2D eigenvalue weighted by molar-refractivity contribution is -0.143. The van der Waals surface area contributed by atoms with Crippen LogP contribution in [0.3, 0.4) is 0 Å². The van der Waals surface area contributed by atoms with Crippen LogP contribution in [0.4, 0.5) is 0 Å². The molecule has 1 fully saturated rings. The molecular formula is C18H26BBrO4. The van der Waals surface area contributed by atoms with Gasteiger partial charge in [0.25, 0.3) is 0 Å². The topological polar surface area (TPSA) is 44.8 Å². The second kappa shape index (κ2) is 7.18. The Labute approximate surface area is 153 Å². The summed E-state index contributed by atoms with van der Waals surface area (Å²) in [7, 11) is -0.492. The molecule has 1 unspecified atom stereocenters. The largest absolute Gasteiger partial charge is 0.466 e. The molecule has 1 saturated heterocycles. The highest BCUT2D eigenvalue weighted by Gasteiger charge is 2.54. The first-order chi connectivity index (χ1) is 11.1. The molecule has 0 saturated carbocycles. The van der Waals surface area contributed by atoms with Gasteiger partial charge in [-0.3, -0.25) is 4.79 Å². The van der Waals surface area contributed by atoms with Crippen molar-refractivity contribution >= 4 is 29.0 Å². The van der Waals surface area contributed by atoms with Gasteiger partial charge >= 0.3 is 13.1 Å². The molecule has 1 aliphatic heterocycles. The number of hydrogen-bond acceptors (Lipinski definition) is 4. The Hall–Kier alpha value is -0.845. The minimum absolute atomic E-state index is 0.220. The predicted molar refractivity (Wildman–Crippen MR) is 99.0 cm³/mol. The van der Waals surface area contributed by atoms with Crippen molar-refractivity contribution in [2.45, 2.75) is 65.0 Å². The first-order valence-corrected chi connectivity index (χ1v) is 9.14. The quantitative estimate of drug-likeness (QED) is 0.545. The lowest BCUT2D eigenvalue weighted by Crippen LogP contribution is -2.41. The SMILES string of the molecule is CCOC(=O)CC(B1OC(C)(C)C(C)(C)O1)c1ccc(C)c(Br)c1. The Balaban J connectivity index is 2.33. The molecule has 6 heteroatoms. The summed E-state index contributed by atoms with van der Waals surface area (Å²) in [4.78, 5) is 12.1. The van der Waals surface area contributed by atoms with Crippen molar-refractivity contribution in [3.63, 3.8) is 0 Å². The summed E-state index contributed by atoms with van der Waals surface area (Å²) in [6, 6.07) is 6.09. The molecule has 0 radical (unpaired) electrons. The average Bonchev–Trinajstić information content (AvgIpc) is 2.68. The Morgan fingerprint density at radius 1 is 1.25 bits per heavy atom. The fraction of sp³-hybridized carbons (Fsp3) is 0.611. The molecule has 4 nitrogen and oxygen atoms in total. The Kier molecular flexibility index (Phi) is 5.83. The van der Waals surface area contributed by atoms with E-state index in [2.05, 4.69) is 15.9 Å². The molecule has 24 heavy (non-hydrogen) atoms. The monoisotopic (exact) mass is 396 g/mol. The molecule has 0 aliphatic carbocycles. The zero-order valence-corrected chi connectivity index (χ0v) is 16.9. The van der Waals surface area contributed by atoms with E-state index in [0.29, 0.717) is 6.61 Å². The van der Waals surface area contributed by atoms with E-state index >= 15 is 0 Å². The Morgan fingerprint density at radius 2 is 1.83 bits per heavy atom. The molecule has 2 rings (SSSR count). The molecule has 0 aromatic heterocycles. The number of benzene rings is 1. The smallest absolute Gasteiger partial charge is 0.466 e. The van der Waals surface area contributed by atoms with Crippen molar-refractivity contribution in [3.8, 4) is 0 Å². The summed E-state index contributed by atoms with van der Waals surface area (Å²) < 4.78 is 18.5. The van der Waals surface area contributed by atoms with E-state index in [-0.39, 0.29) is 18.2 Å². The third-order valence-corrected chi connectivity index (χ3v) is 5.77. The lowest BCUT2D eigenvalue weighted by Gasteiger charge is -2.32. The Bertz CT molecular complexity index is 599. The molecule has 0 amide bonds. The van der Waals surface area contributed by atoms with Crippen LogP contribution in [0, 0.1) is 6.92 Å². The van der Waals surface area contributed by atoms with E-state index in [4.69, 9.17) is 14.0 Å². The van der Waals surface area contributed by atoms with Gasteiger partial charge in [-0.1, -0.05) is 28.1 Å². The molecule has 132 valence electrons. The molecule has 0 N–H and O–H groups in total. The number of hydrogen-bond donors (Lipinski definition) is 0. The highest BCUT2D eigenvalue weighted by Crippen LogP contribution is 2.42. The van der Waals surface area contributed by atoms with Gasteiger partial charge in [0.15, 0.2) is 0 Å². The fourth-order valence-electron chi connectivity index (χ4n) is 2.66. The summed E-state index contributed by atoms with van der Waals surface area (Å²) in [5.74, 6) is -0.462. The third kappa shape index (κ3) is 4.03. The van der Waals surface area contributed by atoms with Crippen LogP contribution in [0.15, 0.2) is 22.7 Å². The van der Waals surface area contributed by atoms with Crippen LogP contribution < -0.4 is 0 Å². The third-order valence-electron chi connectivity index (χ3n) is 4.92. The minimum atomic E-state index is -0.492. The number of carbonyl (C=O) groups is 1. The van der Waals surface area contributed by atoms with Crippen LogP contribution in [-0.2, 0) is 18.8 Å². The maximum atomic E-state index is 12.1. The molecule has 1 atom stereocenters. The van der Waals surface area contributed by atoms with Gasteiger partial charge in [-0.25, -0.2) is 0 Å². The van der Waals surface area contributed by atoms with E-state index in [1.54, 1.807) is 0 Å². The van der Waals surface area contributed by atoms with Gasteiger partial charge in [-0.15, -0.1) is 0 Å². The van der Waals surface area contributed by atoms with Crippen LogP contribution in [0.25, 0.3) is 0 Å². The molecule has 0 spiro atoms. The molecular weight excluding hydrogens is 371 g/mol. The number of ether oxygens (including phenoxy) is 1. The van der Waals surface area contributed by atoms with Crippen LogP contribution in [0.5, 0.6) is 0 Å². The second-order valence-corrected chi connectivity index (χ2v) is 8.10. The van der Waals surface area contributed by atoms with Crippen LogP contribution >= 0.6 is 15.9 Å². The van der Waals surface area contributed by atoms with E-state index in [0.717, 1.165) is 15.6 Å². The van der Waals surface area contributed by atoms with Crippen LogP contribution in [0.1, 0.15) is 58.0 Å². The number of rotatable bonds is 5. The van der Waals surface area contributed by atoms with Crippen LogP contribution in [0.2, 0.25) is 0 Å². The summed E-state index contributed by atoms with van der Waals surface area (Å²) in [6.45, 7) is 12.3. The summed E-state index contributed by atoms with van der Waals surface area (Å²) in [5.41, 5.74) is 1.26. The first kappa shape index (κ1) is 19.5. The highest BCUT2D eigenvalue weighted by molar-refractivity contribution is 9.10. The van der Waals surface area contributed by atoms with E-state index in [9.17, 15) is 4.79 Å². The van der Waals surface area contributed by atoms with Crippen molar-refractivity contribution < 1.29 is 18.8 Å². The van der Waals surface area contributed by atoms with Gasteiger partial charge in [-0.2, -0.15) is 0 Å². The zero-order chi connectivity index (χ0) is 18.1. The minimum Gasteiger partial charge on any atom is -0.466 e. The maximum Gasteiger partial charge on any atom is 0.466 e. The standard InChI is InChI=1S/C18H26BBrO4/c1-7-22-16(21)11-14(13-9-8-12(2)15(20)10-13)19-23-17(3,4)18(5,6)24-19/h8-10,14H,7,11H2,1-6H3. The van der Waals surface area contributed by atoms with Gasteiger partial charge in [0.2, 0.25) is 0 Å². The Morgan fingerprint density at radius 3 is 2.33 bits per heavy atom. The fourth-order valence-corrected chi connectivity index (χ4v) is 3.06. The average molecular weight is 397 g/mol. The summed E-state index contributed by atoms with van der Waals surface area (Å²) in [6.07, 6.45) is 0.222. The van der Waals surface area contributed by atoms with Crippen molar-refractivity contribution in [1.82, 2.24) is 0 Å². The maximum absolute atomic E-state index is 12.1. The molecule has 1 aromatic carbocycles. The van der Waals surface area contributed by atoms with Gasteiger partial charge < -0.3 is 14.0 Å². The van der Waals surface area contributed by atoms with E-state index < -0.39 is 18.3 Å². The summed E-state index contributed by atoms with van der Waals surface area (Å²) in [5, 5.41) is 0. The first-order valence-electron chi connectivity index (χ1n) is 8.34. The molecule has 1 aliphatic rings. The number of halogens is 1. The van der Waals surface area contributed by atoms with Crippen LogP contribution in [-0.4, -0.2) is 30.9 Å². The van der Waals surface area contributed by atoms with E-state index in [1.165, 1.54) is 0 Å². The number of carbonyl (C=O) groups excluding carboxylic acids is 1. The molecule has 1 heterocycles. The number of esters is 1. The summed E-state index contributed by atoms with van der Waals surface area (Å²) >= 11 is 3.57. The molecule has 1 aromatic rings. The zero-order valence-electron chi connectivity index (χ0n) is 15.3. The molecule has 0 bridgehead atoms. The highest BCUT2D eigenvalue weighted by atomic mass is 79.9. The van der Waals surface area contributed by atoms with Crippen molar-refractivity contribution in [1.29, 1.82) is 0 Å². The normalized spacial score (nSPS) is 20.0. The second-order valence-electron chi connectivity index (χ2n) is 7.25. The van der Waals surface area contributed by atoms with Gasteiger partial charge in [0, 0.05) is 10.3 Å².